The van der Waals surface area contributed by atoms with Crippen LogP contribution in [0.2, 0.25) is 0 Å². The van der Waals surface area contributed by atoms with Crippen molar-refractivity contribution in [2.75, 3.05) is 19.7 Å². The molecule has 3 heterocycles. The molecule has 0 saturated carbocycles. The smallest absolute Gasteiger partial charge is 0.266 e. The summed E-state index contributed by atoms with van der Waals surface area (Å²) in [5.74, 6) is 0.572. The molecule has 1 unspecified atom stereocenters. The third kappa shape index (κ3) is 2.93. The molecular formula is C14H16N4O2S. The van der Waals surface area contributed by atoms with Crippen LogP contribution in [0.1, 0.15) is 22.3 Å². The van der Waals surface area contributed by atoms with E-state index in [0.717, 1.165) is 5.69 Å². The molecule has 1 saturated heterocycles. The predicted octanol–water partition coefficient (Wildman–Crippen LogP) is 1.77. The van der Waals surface area contributed by atoms with E-state index in [9.17, 15) is 4.79 Å². The Bertz CT molecular complexity index is 644. The zero-order valence-corrected chi connectivity index (χ0v) is 12.8. The Hall–Kier alpha value is -1.86. The van der Waals surface area contributed by atoms with Gasteiger partial charge in [-0.15, -0.1) is 11.3 Å². The maximum atomic E-state index is 12.6. The van der Waals surface area contributed by atoms with E-state index in [1.807, 2.05) is 18.7 Å². The van der Waals surface area contributed by atoms with Crippen LogP contribution in [0.5, 0.6) is 0 Å². The molecule has 7 heteroatoms. The Balaban J connectivity index is 1.86. The number of carbonyl (C=O) groups is 1. The van der Waals surface area contributed by atoms with Gasteiger partial charge in [0.25, 0.3) is 5.91 Å². The number of rotatable bonds is 2. The van der Waals surface area contributed by atoms with Gasteiger partial charge in [0.05, 0.1) is 18.4 Å². The van der Waals surface area contributed by atoms with Gasteiger partial charge in [0.2, 0.25) is 0 Å². The summed E-state index contributed by atoms with van der Waals surface area (Å²) in [7, 11) is 0. The average molecular weight is 304 g/mol. The zero-order chi connectivity index (χ0) is 14.8. The first kappa shape index (κ1) is 14.1. The summed E-state index contributed by atoms with van der Waals surface area (Å²) in [6.45, 7) is 5.65. The summed E-state index contributed by atoms with van der Waals surface area (Å²) in [4.78, 5) is 27.9. The molecule has 1 aliphatic heterocycles. The maximum absolute atomic E-state index is 12.6. The van der Waals surface area contributed by atoms with E-state index >= 15 is 0 Å². The third-order valence-corrected chi connectivity index (χ3v) is 4.42. The molecule has 2 aromatic heterocycles. The predicted molar refractivity (Wildman–Crippen MR) is 79.2 cm³/mol. The van der Waals surface area contributed by atoms with Crippen molar-refractivity contribution in [2.45, 2.75) is 20.0 Å². The van der Waals surface area contributed by atoms with Crippen LogP contribution in [0.25, 0.3) is 10.8 Å². The molecule has 1 fully saturated rings. The number of hydrogen-bond acceptors (Lipinski definition) is 6. The zero-order valence-electron chi connectivity index (χ0n) is 11.9. The first-order valence-corrected chi connectivity index (χ1v) is 7.62. The number of ether oxygens (including phenoxy) is 1. The fourth-order valence-electron chi connectivity index (χ4n) is 2.25. The van der Waals surface area contributed by atoms with Crippen molar-refractivity contribution in [3.05, 3.63) is 29.0 Å². The largest absolute Gasteiger partial charge is 0.375 e. The third-order valence-electron chi connectivity index (χ3n) is 3.28. The Morgan fingerprint density at radius 3 is 2.90 bits per heavy atom. The second-order valence-corrected chi connectivity index (χ2v) is 5.94. The summed E-state index contributed by atoms with van der Waals surface area (Å²) in [6.07, 6.45) is 3.42. The number of carbonyl (C=O) groups excluding carboxylic acids is 1. The lowest BCUT2D eigenvalue weighted by Gasteiger charge is -2.30. The van der Waals surface area contributed by atoms with Crippen molar-refractivity contribution in [2.24, 2.45) is 0 Å². The van der Waals surface area contributed by atoms with Gasteiger partial charge in [-0.1, -0.05) is 0 Å². The second kappa shape index (κ2) is 5.87. The number of amides is 1. The Morgan fingerprint density at radius 1 is 1.43 bits per heavy atom. The number of thiazole rings is 1. The summed E-state index contributed by atoms with van der Waals surface area (Å²) < 4.78 is 5.47. The number of aryl methyl sites for hydroxylation is 1. The highest BCUT2D eigenvalue weighted by molar-refractivity contribution is 7.17. The van der Waals surface area contributed by atoms with E-state index in [2.05, 4.69) is 15.0 Å². The van der Waals surface area contributed by atoms with Crippen LogP contribution in [0.15, 0.2) is 18.5 Å². The van der Waals surface area contributed by atoms with E-state index in [-0.39, 0.29) is 12.0 Å². The van der Waals surface area contributed by atoms with Crippen LogP contribution >= 0.6 is 11.3 Å². The lowest BCUT2D eigenvalue weighted by molar-refractivity contribution is -0.0122. The first-order valence-electron chi connectivity index (χ1n) is 6.81. The Labute approximate surface area is 126 Å². The van der Waals surface area contributed by atoms with Gasteiger partial charge < -0.3 is 9.64 Å². The second-order valence-electron chi connectivity index (χ2n) is 4.94. The summed E-state index contributed by atoms with van der Waals surface area (Å²) >= 11 is 1.35. The molecule has 2 aromatic rings. The molecule has 1 aliphatic rings. The highest BCUT2D eigenvalue weighted by Crippen LogP contribution is 2.26. The van der Waals surface area contributed by atoms with E-state index in [1.165, 1.54) is 11.3 Å². The fraction of sp³-hybridized carbons (Fsp3) is 0.429. The molecule has 3 rings (SSSR count). The molecule has 0 spiro atoms. The van der Waals surface area contributed by atoms with E-state index in [0.29, 0.717) is 35.4 Å². The van der Waals surface area contributed by atoms with Gasteiger partial charge in [-0.3, -0.25) is 4.79 Å². The van der Waals surface area contributed by atoms with Gasteiger partial charge in [0.1, 0.15) is 4.88 Å². The monoisotopic (exact) mass is 304 g/mol. The molecule has 21 heavy (non-hydrogen) atoms. The summed E-state index contributed by atoms with van der Waals surface area (Å²) in [5.41, 5.74) is 0.728. The van der Waals surface area contributed by atoms with Crippen LogP contribution in [0, 0.1) is 6.92 Å². The molecular weight excluding hydrogens is 288 g/mol. The van der Waals surface area contributed by atoms with Crippen molar-refractivity contribution in [1.82, 2.24) is 19.9 Å². The van der Waals surface area contributed by atoms with Crippen molar-refractivity contribution in [1.29, 1.82) is 0 Å². The van der Waals surface area contributed by atoms with Gasteiger partial charge in [-0.05, 0) is 19.9 Å². The van der Waals surface area contributed by atoms with Crippen molar-refractivity contribution in [3.63, 3.8) is 0 Å². The molecule has 0 aromatic carbocycles. The molecule has 0 N–H and O–H groups in total. The van der Waals surface area contributed by atoms with Gasteiger partial charge in [0, 0.05) is 25.5 Å². The SMILES string of the molecule is Cc1nc(-c2ncccn2)sc1C(=O)N1CCOC(C)C1. The molecule has 0 bridgehead atoms. The van der Waals surface area contributed by atoms with Crippen LogP contribution in [0.4, 0.5) is 0 Å². The van der Waals surface area contributed by atoms with E-state index < -0.39 is 0 Å². The van der Waals surface area contributed by atoms with Crippen LogP contribution < -0.4 is 0 Å². The number of morpholine rings is 1. The van der Waals surface area contributed by atoms with E-state index in [1.54, 1.807) is 18.5 Å². The molecule has 6 nitrogen and oxygen atoms in total. The minimum atomic E-state index is 0.0160. The van der Waals surface area contributed by atoms with Crippen LogP contribution in [-0.4, -0.2) is 51.6 Å². The van der Waals surface area contributed by atoms with Crippen molar-refractivity contribution >= 4 is 17.2 Å². The lowest BCUT2D eigenvalue weighted by Crippen LogP contribution is -2.44. The normalized spacial score (nSPS) is 18.8. The Morgan fingerprint density at radius 2 is 2.19 bits per heavy atom. The average Bonchev–Trinajstić information content (AvgIpc) is 2.89. The minimum Gasteiger partial charge on any atom is -0.375 e. The van der Waals surface area contributed by atoms with Gasteiger partial charge in [0.15, 0.2) is 10.8 Å². The van der Waals surface area contributed by atoms with Gasteiger partial charge in [-0.2, -0.15) is 0 Å². The van der Waals surface area contributed by atoms with Gasteiger partial charge in [-0.25, -0.2) is 15.0 Å². The highest BCUT2D eigenvalue weighted by Gasteiger charge is 2.26. The highest BCUT2D eigenvalue weighted by atomic mass is 32.1. The first-order chi connectivity index (χ1) is 10.1. The van der Waals surface area contributed by atoms with E-state index in [4.69, 9.17) is 4.74 Å². The maximum Gasteiger partial charge on any atom is 0.266 e. The van der Waals surface area contributed by atoms with Crippen molar-refractivity contribution < 1.29 is 9.53 Å². The standard InChI is InChI=1S/C14H16N4O2S/c1-9-8-18(6-7-20-9)14(19)11-10(2)17-13(21-11)12-15-4-3-5-16-12/h3-5,9H,6-8H2,1-2H3. The van der Waals surface area contributed by atoms with Crippen LogP contribution in [0.3, 0.4) is 0 Å². The molecule has 0 radical (unpaired) electrons. The van der Waals surface area contributed by atoms with Crippen LogP contribution in [-0.2, 0) is 4.74 Å². The summed E-state index contributed by atoms with van der Waals surface area (Å²) in [5, 5.41) is 0.678. The topological polar surface area (TPSA) is 68.2 Å². The minimum absolute atomic E-state index is 0.0160. The van der Waals surface area contributed by atoms with Crippen molar-refractivity contribution in [3.8, 4) is 10.8 Å². The number of aromatic nitrogens is 3. The molecule has 1 atom stereocenters. The number of hydrogen-bond donors (Lipinski definition) is 0. The lowest BCUT2D eigenvalue weighted by atomic mass is 10.2. The quantitative estimate of drug-likeness (QED) is 0.846. The number of nitrogens with zero attached hydrogens (tertiary/aromatic N) is 4. The molecule has 0 aliphatic carbocycles. The fourth-order valence-corrected chi connectivity index (χ4v) is 3.23. The van der Waals surface area contributed by atoms with Gasteiger partial charge >= 0.3 is 0 Å². The summed E-state index contributed by atoms with van der Waals surface area (Å²) in [6, 6.07) is 1.76. The molecule has 110 valence electrons. The Kier molecular flexibility index (Phi) is 3.94. The molecule has 1 amide bonds.